The molecule has 6 heteroatoms. The maximum Gasteiger partial charge on any atom is 0.0846 e. The number of anilines is 1. The van der Waals surface area contributed by atoms with Gasteiger partial charge in [0.25, 0.3) is 0 Å². The van der Waals surface area contributed by atoms with Crippen LogP contribution in [0.15, 0.2) is 80.8 Å². The van der Waals surface area contributed by atoms with Gasteiger partial charge in [0, 0.05) is 25.4 Å². The van der Waals surface area contributed by atoms with Crippen molar-refractivity contribution in [2.75, 3.05) is 5.01 Å². The van der Waals surface area contributed by atoms with E-state index in [0.717, 1.165) is 37.9 Å². The van der Waals surface area contributed by atoms with E-state index in [2.05, 4.69) is 56.1 Å². The molecule has 2 nitrogen and oxygen atoms in total. The molecular weight excluding hydrogens is 511 g/mol. The second-order valence-electron chi connectivity index (χ2n) is 6.26. The van der Waals surface area contributed by atoms with E-state index in [0.29, 0.717) is 10.0 Å². The lowest BCUT2D eigenvalue weighted by molar-refractivity contribution is 0.709. The molecule has 136 valence electrons. The van der Waals surface area contributed by atoms with Crippen molar-refractivity contribution in [2.45, 2.75) is 12.5 Å². The molecule has 0 aromatic heterocycles. The van der Waals surface area contributed by atoms with Crippen LogP contribution in [0.3, 0.4) is 0 Å². The Labute approximate surface area is 185 Å². The molecule has 27 heavy (non-hydrogen) atoms. The van der Waals surface area contributed by atoms with E-state index < -0.39 is 0 Å². The molecule has 0 spiro atoms. The third kappa shape index (κ3) is 4.09. The standard InChI is InChI=1S/C21H14Br2Cl2N2/c22-14-3-1-13(2-4-14)20-12-21(18-10-7-16(24)11-19(18)25)27(26-20)17-8-5-15(23)6-9-17/h1-11,21H,12H2/t21-/m0/s1. The Balaban J connectivity index is 1.77. The fraction of sp³-hybridized carbons (Fsp3) is 0.0952. The van der Waals surface area contributed by atoms with Crippen LogP contribution in [-0.4, -0.2) is 5.71 Å². The van der Waals surface area contributed by atoms with Crippen LogP contribution in [0.4, 0.5) is 5.69 Å². The third-order valence-electron chi connectivity index (χ3n) is 4.50. The van der Waals surface area contributed by atoms with Gasteiger partial charge >= 0.3 is 0 Å². The van der Waals surface area contributed by atoms with E-state index in [-0.39, 0.29) is 6.04 Å². The lowest BCUT2D eigenvalue weighted by Gasteiger charge is -2.25. The predicted molar refractivity (Wildman–Crippen MR) is 121 cm³/mol. The van der Waals surface area contributed by atoms with Crippen molar-refractivity contribution < 1.29 is 0 Å². The molecule has 1 aliphatic heterocycles. The number of hydrogen-bond acceptors (Lipinski definition) is 2. The molecule has 4 rings (SSSR count). The Morgan fingerprint density at radius 2 is 1.48 bits per heavy atom. The van der Waals surface area contributed by atoms with Crippen molar-refractivity contribution in [2.24, 2.45) is 5.10 Å². The van der Waals surface area contributed by atoms with Gasteiger partial charge in [-0.3, -0.25) is 5.01 Å². The van der Waals surface area contributed by atoms with Crippen LogP contribution < -0.4 is 5.01 Å². The van der Waals surface area contributed by atoms with E-state index in [1.807, 2.05) is 41.4 Å². The molecule has 0 radical (unpaired) electrons. The largest absolute Gasteiger partial charge is 0.257 e. The second-order valence-corrected chi connectivity index (χ2v) is 8.94. The Bertz CT molecular complexity index is 1000. The van der Waals surface area contributed by atoms with Crippen LogP contribution in [-0.2, 0) is 0 Å². The Morgan fingerprint density at radius 1 is 0.852 bits per heavy atom. The van der Waals surface area contributed by atoms with Gasteiger partial charge in [0.15, 0.2) is 0 Å². The van der Waals surface area contributed by atoms with E-state index in [4.69, 9.17) is 28.3 Å². The Kier molecular flexibility index (Phi) is 5.60. The summed E-state index contributed by atoms with van der Waals surface area (Å²) in [6, 6.07) is 22.0. The van der Waals surface area contributed by atoms with Crippen molar-refractivity contribution in [3.8, 4) is 0 Å². The van der Waals surface area contributed by atoms with Gasteiger partial charge in [0.2, 0.25) is 0 Å². The average Bonchev–Trinajstić information content (AvgIpc) is 3.08. The number of hydrogen-bond donors (Lipinski definition) is 0. The third-order valence-corrected chi connectivity index (χ3v) is 6.12. The molecule has 0 aliphatic carbocycles. The highest BCUT2D eigenvalue weighted by Crippen LogP contribution is 2.40. The molecule has 0 unspecified atom stereocenters. The molecule has 3 aromatic rings. The lowest BCUT2D eigenvalue weighted by Crippen LogP contribution is -2.18. The maximum atomic E-state index is 6.53. The van der Waals surface area contributed by atoms with Crippen LogP contribution in [0.5, 0.6) is 0 Å². The molecule has 0 saturated heterocycles. The minimum atomic E-state index is 0.00888. The number of rotatable bonds is 3. The highest BCUT2D eigenvalue weighted by atomic mass is 79.9. The first-order chi connectivity index (χ1) is 13.0. The fourth-order valence-corrected chi connectivity index (χ4v) is 4.24. The highest BCUT2D eigenvalue weighted by molar-refractivity contribution is 9.10. The van der Waals surface area contributed by atoms with Gasteiger partial charge in [0.05, 0.1) is 17.4 Å². The van der Waals surface area contributed by atoms with Crippen LogP contribution >= 0.6 is 55.1 Å². The van der Waals surface area contributed by atoms with Crippen LogP contribution in [0.25, 0.3) is 0 Å². The van der Waals surface area contributed by atoms with E-state index in [9.17, 15) is 0 Å². The number of hydrazone groups is 1. The molecule has 0 saturated carbocycles. The van der Waals surface area contributed by atoms with Crippen molar-refractivity contribution in [1.82, 2.24) is 0 Å². The summed E-state index contributed by atoms with van der Waals surface area (Å²) in [7, 11) is 0. The van der Waals surface area contributed by atoms with Crippen LogP contribution in [0.2, 0.25) is 10.0 Å². The average molecular weight is 525 g/mol. The zero-order valence-electron chi connectivity index (χ0n) is 14.0. The van der Waals surface area contributed by atoms with E-state index in [1.165, 1.54) is 0 Å². The molecule has 1 aliphatic rings. The Morgan fingerprint density at radius 3 is 2.11 bits per heavy atom. The van der Waals surface area contributed by atoms with Gasteiger partial charge < -0.3 is 0 Å². The summed E-state index contributed by atoms with van der Waals surface area (Å²) < 4.78 is 2.08. The molecule has 0 bridgehead atoms. The van der Waals surface area contributed by atoms with Gasteiger partial charge in [0.1, 0.15) is 0 Å². The molecule has 0 amide bonds. The van der Waals surface area contributed by atoms with E-state index >= 15 is 0 Å². The van der Waals surface area contributed by atoms with E-state index in [1.54, 1.807) is 6.07 Å². The maximum absolute atomic E-state index is 6.53. The van der Waals surface area contributed by atoms with Gasteiger partial charge in [-0.15, -0.1) is 0 Å². The number of nitrogens with zero attached hydrogens (tertiary/aromatic N) is 2. The number of halogens is 4. The molecule has 0 N–H and O–H groups in total. The molecule has 0 fully saturated rings. The summed E-state index contributed by atoms with van der Waals surface area (Å²) in [5, 5.41) is 8.26. The minimum Gasteiger partial charge on any atom is -0.257 e. The van der Waals surface area contributed by atoms with Gasteiger partial charge in [-0.2, -0.15) is 5.10 Å². The summed E-state index contributed by atoms with van der Waals surface area (Å²) in [5.74, 6) is 0. The van der Waals surface area contributed by atoms with Crippen LogP contribution in [0, 0.1) is 0 Å². The first-order valence-corrected chi connectivity index (χ1v) is 10.7. The quantitative estimate of drug-likeness (QED) is 0.340. The lowest BCUT2D eigenvalue weighted by atomic mass is 9.98. The van der Waals surface area contributed by atoms with Crippen LogP contribution in [0.1, 0.15) is 23.6 Å². The minimum absolute atomic E-state index is 0.00888. The predicted octanol–water partition coefficient (Wildman–Crippen LogP) is 7.87. The molecule has 1 atom stereocenters. The number of benzene rings is 3. The topological polar surface area (TPSA) is 15.6 Å². The highest BCUT2D eigenvalue weighted by Gasteiger charge is 2.31. The summed E-state index contributed by atoms with van der Waals surface area (Å²) in [5.41, 5.74) is 4.16. The molecule has 3 aromatic carbocycles. The summed E-state index contributed by atoms with van der Waals surface area (Å²) >= 11 is 19.6. The van der Waals surface area contributed by atoms with Crippen molar-refractivity contribution in [3.63, 3.8) is 0 Å². The summed E-state index contributed by atoms with van der Waals surface area (Å²) in [6.07, 6.45) is 0.763. The van der Waals surface area contributed by atoms with Gasteiger partial charge in [-0.05, 0) is 59.7 Å². The molecular formula is C21H14Br2Cl2N2. The fourth-order valence-electron chi connectivity index (χ4n) is 3.17. The second kappa shape index (κ2) is 7.96. The van der Waals surface area contributed by atoms with Gasteiger partial charge in [-0.1, -0.05) is 73.3 Å². The van der Waals surface area contributed by atoms with Crippen molar-refractivity contribution >= 4 is 66.5 Å². The SMILES string of the molecule is Clc1ccc([C@@H]2CC(c3ccc(Br)cc3)=NN2c2ccc(Br)cc2)c(Cl)c1. The zero-order valence-corrected chi connectivity index (χ0v) is 18.7. The van der Waals surface area contributed by atoms with Crippen molar-refractivity contribution in [1.29, 1.82) is 0 Å². The first-order valence-electron chi connectivity index (χ1n) is 8.34. The van der Waals surface area contributed by atoms with Crippen molar-refractivity contribution in [3.05, 3.63) is 96.8 Å². The molecule has 1 heterocycles. The Hall–Kier alpha value is -1.33. The summed E-state index contributed by atoms with van der Waals surface area (Å²) in [6.45, 7) is 0. The monoisotopic (exact) mass is 522 g/mol. The first kappa shape index (κ1) is 19.0. The summed E-state index contributed by atoms with van der Waals surface area (Å²) in [4.78, 5) is 0. The zero-order chi connectivity index (χ0) is 19.0. The normalized spacial score (nSPS) is 16.5. The smallest absolute Gasteiger partial charge is 0.0846 e. The van der Waals surface area contributed by atoms with Gasteiger partial charge in [-0.25, -0.2) is 0 Å².